The van der Waals surface area contributed by atoms with Gasteiger partial charge in [-0.25, -0.2) is 4.68 Å². The third-order valence-electron chi connectivity index (χ3n) is 2.96. The summed E-state index contributed by atoms with van der Waals surface area (Å²) in [7, 11) is 1.96. The fourth-order valence-corrected chi connectivity index (χ4v) is 1.77. The lowest BCUT2D eigenvalue weighted by Gasteiger charge is -2.11. The van der Waals surface area contributed by atoms with Gasteiger partial charge in [0.1, 0.15) is 0 Å². The molecule has 0 aliphatic rings. The van der Waals surface area contributed by atoms with Gasteiger partial charge in [-0.1, -0.05) is 12.1 Å². The van der Waals surface area contributed by atoms with Crippen LogP contribution < -0.4 is 10.1 Å². The van der Waals surface area contributed by atoms with Crippen LogP contribution in [0.25, 0.3) is 5.69 Å². The number of ether oxygens (including phenoxy) is 1. The Morgan fingerprint density at radius 3 is 2.67 bits per heavy atom. The quantitative estimate of drug-likeness (QED) is 0.880. The Balaban J connectivity index is 2.17. The average molecular weight is 245 g/mol. The van der Waals surface area contributed by atoms with Gasteiger partial charge in [0.15, 0.2) is 5.75 Å². The minimum Gasteiger partial charge on any atom is -0.491 e. The van der Waals surface area contributed by atoms with Crippen LogP contribution in [0.4, 0.5) is 0 Å². The van der Waals surface area contributed by atoms with Crippen molar-refractivity contribution >= 4 is 0 Å². The Hall–Kier alpha value is -1.81. The molecule has 0 spiro atoms. The molecule has 4 heteroatoms. The van der Waals surface area contributed by atoms with Crippen molar-refractivity contribution < 1.29 is 4.74 Å². The predicted molar refractivity (Wildman–Crippen MR) is 72.2 cm³/mol. The zero-order valence-corrected chi connectivity index (χ0v) is 11.1. The van der Waals surface area contributed by atoms with E-state index in [-0.39, 0.29) is 0 Å². The molecular weight excluding hydrogens is 226 g/mol. The van der Waals surface area contributed by atoms with Crippen molar-refractivity contribution in [3.8, 4) is 11.4 Å². The van der Waals surface area contributed by atoms with Gasteiger partial charge in [0.2, 0.25) is 0 Å². The topological polar surface area (TPSA) is 39.1 Å². The highest BCUT2D eigenvalue weighted by molar-refractivity contribution is 5.36. The maximum absolute atomic E-state index is 5.39. The molecule has 0 fully saturated rings. The molecule has 4 nitrogen and oxygen atoms in total. The highest BCUT2D eigenvalue weighted by Crippen LogP contribution is 2.17. The number of nitrogens with one attached hydrogen (secondary N) is 1. The van der Waals surface area contributed by atoms with Gasteiger partial charge in [-0.15, -0.1) is 0 Å². The first kappa shape index (κ1) is 12.6. The van der Waals surface area contributed by atoms with Gasteiger partial charge in [-0.05, 0) is 38.6 Å². The highest BCUT2D eigenvalue weighted by atomic mass is 16.5. The molecule has 0 saturated carbocycles. The van der Waals surface area contributed by atoms with Crippen molar-refractivity contribution in [1.82, 2.24) is 15.1 Å². The van der Waals surface area contributed by atoms with Crippen LogP contribution in [-0.2, 0) is 0 Å². The lowest BCUT2D eigenvalue weighted by molar-refractivity contribution is 0.340. The smallest absolute Gasteiger partial charge is 0.157 e. The number of rotatable bonds is 5. The van der Waals surface area contributed by atoms with Gasteiger partial charge in [-0.3, -0.25) is 0 Å². The summed E-state index contributed by atoms with van der Waals surface area (Å²) < 4.78 is 7.21. The second-order valence-corrected chi connectivity index (χ2v) is 4.16. The van der Waals surface area contributed by atoms with E-state index in [1.165, 1.54) is 5.56 Å². The van der Waals surface area contributed by atoms with E-state index < -0.39 is 0 Å². The number of benzene rings is 1. The third kappa shape index (κ3) is 2.71. The van der Waals surface area contributed by atoms with Crippen LogP contribution in [0.2, 0.25) is 0 Å². The molecule has 1 heterocycles. The number of hydrogen-bond donors (Lipinski definition) is 1. The van der Waals surface area contributed by atoms with Crippen LogP contribution >= 0.6 is 0 Å². The van der Waals surface area contributed by atoms with Gasteiger partial charge in [0, 0.05) is 6.04 Å². The molecular formula is C14H19N3O. The highest BCUT2D eigenvalue weighted by Gasteiger charge is 2.04. The molecule has 1 N–H and O–H groups in total. The fraction of sp³-hybridized carbons (Fsp3) is 0.357. The zero-order chi connectivity index (χ0) is 13.0. The van der Waals surface area contributed by atoms with Gasteiger partial charge >= 0.3 is 0 Å². The summed E-state index contributed by atoms with van der Waals surface area (Å²) in [6.07, 6.45) is 3.62. The maximum Gasteiger partial charge on any atom is 0.157 e. The second-order valence-electron chi connectivity index (χ2n) is 4.16. The van der Waals surface area contributed by atoms with Crippen molar-refractivity contribution in [2.75, 3.05) is 13.7 Å². The van der Waals surface area contributed by atoms with E-state index in [1.54, 1.807) is 6.20 Å². The molecule has 0 amide bonds. The number of hydrogen-bond acceptors (Lipinski definition) is 3. The summed E-state index contributed by atoms with van der Waals surface area (Å²) in [6.45, 7) is 4.76. The molecule has 1 unspecified atom stereocenters. The van der Waals surface area contributed by atoms with Crippen LogP contribution in [-0.4, -0.2) is 23.4 Å². The van der Waals surface area contributed by atoms with E-state index in [9.17, 15) is 0 Å². The van der Waals surface area contributed by atoms with Crippen LogP contribution in [0.5, 0.6) is 5.75 Å². The minimum absolute atomic E-state index is 0.357. The summed E-state index contributed by atoms with van der Waals surface area (Å²) in [5.41, 5.74) is 2.30. The first-order valence-corrected chi connectivity index (χ1v) is 6.19. The Morgan fingerprint density at radius 2 is 2.06 bits per heavy atom. The molecule has 0 bridgehead atoms. The number of aromatic nitrogens is 2. The van der Waals surface area contributed by atoms with Crippen LogP contribution in [0.3, 0.4) is 0 Å². The summed E-state index contributed by atoms with van der Waals surface area (Å²) >= 11 is 0. The molecule has 0 aliphatic carbocycles. The lowest BCUT2D eigenvalue weighted by atomic mass is 10.1. The van der Waals surface area contributed by atoms with Crippen molar-refractivity contribution in [3.63, 3.8) is 0 Å². The van der Waals surface area contributed by atoms with Gasteiger partial charge in [0.25, 0.3) is 0 Å². The van der Waals surface area contributed by atoms with Crippen molar-refractivity contribution in [3.05, 3.63) is 42.2 Å². The van der Waals surface area contributed by atoms with Crippen LogP contribution in [0, 0.1) is 0 Å². The monoisotopic (exact) mass is 245 g/mol. The molecule has 18 heavy (non-hydrogen) atoms. The molecule has 2 aromatic rings. The van der Waals surface area contributed by atoms with Gasteiger partial charge in [-0.2, -0.15) is 5.10 Å². The molecule has 0 aliphatic heterocycles. The largest absolute Gasteiger partial charge is 0.491 e. The molecule has 1 aromatic carbocycles. The Bertz CT molecular complexity index is 490. The van der Waals surface area contributed by atoms with E-state index >= 15 is 0 Å². The normalized spacial score (nSPS) is 12.4. The Morgan fingerprint density at radius 1 is 1.33 bits per heavy atom. The van der Waals surface area contributed by atoms with E-state index in [4.69, 9.17) is 4.74 Å². The third-order valence-corrected chi connectivity index (χ3v) is 2.96. The average Bonchev–Trinajstić information content (AvgIpc) is 2.87. The van der Waals surface area contributed by atoms with Crippen molar-refractivity contribution in [2.45, 2.75) is 19.9 Å². The van der Waals surface area contributed by atoms with E-state index in [0.29, 0.717) is 12.6 Å². The van der Waals surface area contributed by atoms with Crippen molar-refractivity contribution in [1.29, 1.82) is 0 Å². The minimum atomic E-state index is 0.357. The van der Waals surface area contributed by atoms with E-state index in [0.717, 1.165) is 11.4 Å². The maximum atomic E-state index is 5.39. The Labute approximate surface area is 108 Å². The molecule has 2 rings (SSSR count). The fourth-order valence-electron chi connectivity index (χ4n) is 1.77. The molecule has 96 valence electrons. The second kappa shape index (κ2) is 5.69. The van der Waals surface area contributed by atoms with E-state index in [2.05, 4.69) is 41.6 Å². The summed E-state index contributed by atoms with van der Waals surface area (Å²) in [5.74, 6) is 0.796. The first-order valence-electron chi connectivity index (χ1n) is 6.19. The van der Waals surface area contributed by atoms with Crippen molar-refractivity contribution in [2.24, 2.45) is 0 Å². The van der Waals surface area contributed by atoms with Crippen LogP contribution in [0.15, 0.2) is 36.7 Å². The van der Waals surface area contributed by atoms with Gasteiger partial charge in [0.05, 0.1) is 24.7 Å². The zero-order valence-electron chi connectivity index (χ0n) is 11.1. The molecule has 0 saturated heterocycles. The standard InChI is InChI=1S/C14H19N3O/c1-4-18-14-9-16-17(10-14)13-7-5-12(6-8-13)11(2)15-3/h5-11,15H,4H2,1-3H3. The first-order chi connectivity index (χ1) is 8.74. The molecule has 1 aromatic heterocycles. The summed E-state index contributed by atoms with van der Waals surface area (Å²) in [4.78, 5) is 0. The lowest BCUT2D eigenvalue weighted by Crippen LogP contribution is -2.12. The van der Waals surface area contributed by atoms with Crippen LogP contribution in [0.1, 0.15) is 25.5 Å². The molecule has 0 radical (unpaired) electrons. The SMILES string of the molecule is CCOc1cnn(-c2ccc(C(C)NC)cc2)c1. The summed E-state index contributed by atoms with van der Waals surface area (Å²) in [6, 6.07) is 8.70. The predicted octanol–water partition coefficient (Wildman–Crippen LogP) is 2.55. The van der Waals surface area contributed by atoms with E-state index in [1.807, 2.05) is 24.9 Å². The number of nitrogens with zero attached hydrogens (tertiary/aromatic N) is 2. The summed E-state index contributed by atoms with van der Waals surface area (Å²) in [5, 5.41) is 7.49. The molecule has 1 atom stereocenters. The van der Waals surface area contributed by atoms with Gasteiger partial charge < -0.3 is 10.1 Å². The Kier molecular flexibility index (Phi) is 3.99.